The van der Waals surface area contributed by atoms with E-state index in [-0.39, 0.29) is 5.82 Å². The quantitative estimate of drug-likeness (QED) is 0.218. The van der Waals surface area contributed by atoms with Crippen LogP contribution in [0.3, 0.4) is 0 Å². The van der Waals surface area contributed by atoms with Crippen LogP contribution in [0, 0.1) is 29.5 Å². The molecule has 35 heavy (non-hydrogen) atoms. The van der Waals surface area contributed by atoms with Crippen molar-refractivity contribution < 1.29 is 4.39 Å². The lowest BCUT2D eigenvalue weighted by Gasteiger charge is -2.28. The Labute approximate surface area is 211 Å². The van der Waals surface area contributed by atoms with Gasteiger partial charge < -0.3 is 0 Å². The molecule has 3 aromatic carbocycles. The zero-order valence-corrected chi connectivity index (χ0v) is 21.3. The van der Waals surface area contributed by atoms with Gasteiger partial charge in [0.15, 0.2) is 0 Å². The number of hydrogen-bond donors (Lipinski definition) is 0. The molecule has 0 radical (unpaired) electrons. The van der Waals surface area contributed by atoms with Crippen LogP contribution in [0.5, 0.6) is 0 Å². The highest BCUT2D eigenvalue weighted by Crippen LogP contribution is 2.34. The minimum atomic E-state index is -0.215. The second-order valence-electron chi connectivity index (χ2n) is 10.3. The Morgan fingerprint density at radius 3 is 2.29 bits per heavy atom. The lowest BCUT2D eigenvalue weighted by Crippen LogP contribution is -2.15. The molecule has 0 aliphatic heterocycles. The van der Waals surface area contributed by atoms with Crippen molar-refractivity contribution in [3.8, 4) is 11.8 Å². The summed E-state index contributed by atoms with van der Waals surface area (Å²) in [5, 5.41) is 1.61. The molecule has 3 aromatic rings. The number of rotatable bonds is 9. The average Bonchev–Trinajstić information content (AvgIpc) is 2.90. The monoisotopic (exact) mass is 466 g/mol. The summed E-state index contributed by atoms with van der Waals surface area (Å²) in [6, 6.07) is 18.4. The topological polar surface area (TPSA) is 0 Å². The Bertz CT molecular complexity index is 1170. The second kappa shape index (κ2) is 12.7. The molecule has 0 N–H and O–H groups in total. The number of halogens is 1. The van der Waals surface area contributed by atoms with Crippen LogP contribution >= 0.6 is 0 Å². The maximum Gasteiger partial charge on any atom is 0.146 e. The first-order chi connectivity index (χ1) is 17.2. The maximum atomic E-state index is 15.1. The smallest absolute Gasteiger partial charge is 0.146 e. The number of hydrogen-bond acceptors (Lipinski definition) is 0. The summed E-state index contributed by atoms with van der Waals surface area (Å²) in [5.74, 6) is 7.79. The zero-order valence-electron chi connectivity index (χ0n) is 21.3. The van der Waals surface area contributed by atoms with Gasteiger partial charge in [0.25, 0.3) is 0 Å². The van der Waals surface area contributed by atoms with Gasteiger partial charge in [-0.15, -0.1) is 6.58 Å². The number of allylic oxidation sites excluding steroid dienone is 1. The Hall–Kier alpha value is -2.85. The third kappa shape index (κ3) is 7.08. The summed E-state index contributed by atoms with van der Waals surface area (Å²) in [5.41, 5.74) is 4.05. The van der Waals surface area contributed by atoms with Crippen LogP contribution in [0.1, 0.15) is 87.0 Å². The van der Waals surface area contributed by atoms with E-state index in [1.165, 1.54) is 56.1 Å². The first-order valence-corrected chi connectivity index (χ1v) is 13.6. The van der Waals surface area contributed by atoms with Crippen molar-refractivity contribution in [2.24, 2.45) is 11.8 Å². The van der Waals surface area contributed by atoms with Crippen molar-refractivity contribution in [1.82, 2.24) is 0 Å². The maximum absolute atomic E-state index is 15.1. The fourth-order valence-electron chi connectivity index (χ4n) is 5.40. The molecule has 4 rings (SSSR count). The Morgan fingerprint density at radius 2 is 1.57 bits per heavy atom. The van der Waals surface area contributed by atoms with Crippen molar-refractivity contribution in [1.29, 1.82) is 0 Å². The summed E-state index contributed by atoms with van der Waals surface area (Å²) in [6.45, 7) is 6.05. The zero-order chi connectivity index (χ0) is 24.5. The third-order valence-corrected chi connectivity index (χ3v) is 7.72. The molecule has 0 heterocycles. The molecular weight excluding hydrogens is 427 g/mol. The highest BCUT2D eigenvalue weighted by atomic mass is 19.1. The van der Waals surface area contributed by atoms with E-state index >= 15 is 4.39 Å². The van der Waals surface area contributed by atoms with Crippen molar-refractivity contribution in [3.05, 3.63) is 95.3 Å². The molecule has 1 saturated carbocycles. The number of unbranched alkanes of at least 4 members (excludes halogenated alkanes) is 1. The molecule has 1 fully saturated rings. The molecule has 0 atom stereocenters. The van der Waals surface area contributed by atoms with E-state index < -0.39 is 0 Å². The van der Waals surface area contributed by atoms with Gasteiger partial charge in [0.1, 0.15) is 5.82 Å². The van der Waals surface area contributed by atoms with Gasteiger partial charge in [-0.25, -0.2) is 4.39 Å². The summed E-state index contributed by atoms with van der Waals surface area (Å²) >= 11 is 0. The number of aryl methyl sites for hydroxylation is 2. The van der Waals surface area contributed by atoms with Gasteiger partial charge in [-0.1, -0.05) is 93.3 Å². The molecule has 0 saturated heterocycles. The van der Waals surface area contributed by atoms with E-state index in [9.17, 15) is 0 Å². The molecule has 0 unspecified atom stereocenters. The minimum Gasteiger partial charge on any atom is -0.205 e. The van der Waals surface area contributed by atoms with Crippen molar-refractivity contribution in [3.63, 3.8) is 0 Å². The van der Waals surface area contributed by atoms with Crippen LogP contribution in [0.15, 0.2) is 67.3 Å². The lowest BCUT2D eigenvalue weighted by molar-refractivity contribution is 0.254. The van der Waals surface area contributed by atoms with Crippen molar-refractivity contribution >= 4 is 10.8 Å². The normalized spacial score (nSPS) is 17.7. The average molecular weight is 467 g/mol. The molecule has 182 valence electrons. The molecule has 0 amide bonds. The number of benzene rings is 3. The van der Waals surface area contributed by atoms with E-state index in [4.69, 9.17) is 0 Å². The predicted octanol–water partition coefficient (Wildman–Crippen LogP) is 9.43. The van der Waals surface area contributed by atoms with Gasteiger partial charge in [0.05, 0.1) is 5.56 Å². The van der Waals surface area contributed by atoms with Gasteiger partial charge in [-0.2, -0.15) is 0 Å². The number of fused-ring (bicyclic) bond motifs is 1. The largest absolute Gasteiger partial charge is 0.205 e. The van der Waals surface area contributed by atoms with E-state index in [0.29, 0.717) is 10.9 Å². The molecule has 1 aliphatic rings. The van der Waals surface area contributed by atoms with Gasteiger partial charge >= 0.3 is 0 Å². The molecular formula is C34H39F. The molecule has 0 spiro atoms. The van der Waals surface area contributed by atoms with Gasteiger partial charge in [0.2, 0.25) is 0 Å². The Morgan fingerprint density at radius 1 is 0.857 bits per heavy atom. The molecule has 1 heteroatoms. The molecule has 1 aliphatic carbocycles. The SMILES string of the molecule is C=CCCC1CCC(CCc2ccc(C#Cc3ccc4cc(CCCC)ccc4c3F)cc2)CC1. The Balaban J connectivity index is 1.33. The van der Waals surface area contributed by atoms with Crippen LogP contribution in [-0.2, 0) is 12.8 Å². The second-order valence-corrected chi connectivity index (χ2v) is 10.3. The van der Waals surface area contributed by atoms with Crippen LogP contribution in [0.25, 0.3) is 10.8 Å². The van der Waals surface area contributed by atoms with Crippen molar-refractivity contribution in [2.75, 3.05) is 0 Å². The van der Waals surface area contributed by atoms with Crippen LogP contribution in [-0.4, -0.2) is 0 Å². The lowest BCUT2D eigenvalue weighted by atomic mass is 9.78. The van der Waals surface area contributed by atoms with E-state index in [1.54, 1.807) is 0 Å². The van der Waals surface area contributed by atoms with E-state index in [1.807, 2.05) is 24.3 Å². The van der Waals surface area contributed by atoms with Gasteiger partial charge in [-0.05, 0) is 85.1 Å². The van der Waals surface area contributed by atoms with Crippen molar-refractivity contribution in [2.45, 2.75) is 77.6 Å². The van der Waals surface area contributed by atoms with Crippen LogP contribution in [0.2, 0.25) is 0 Å². The first-order valence-electron chi connectivity index (χ1n) is 13.6. The van der Waals surface area contributed by atoms with E-state index in [2.05, 4.69) is 61.8 Å². The summed E-state index contributed by atoms with van der Waals surface area (Å²) in [7, 11) is 0. The summed E-state index contributed by atoms with van der Waals surface area (Å²) < 4.78 is 15.1. The summed E-state index contributed by atoms with van der Waals surface area (Å²) in [6.07, 6.45) is 15.9. The fourth-order valence-corrected chi connectivity index (χ4v) is 5.40. The van der Waals surface area contributed by atoms with Crippen LogP contribution in [0.4, 0.5) is 4.39 Å². The molecule has 0 bridgehead atoms. The van der Waals surface area contributed by atoms with Gasteiger partial charge in [0, 0.05) is 10.9 Å². The standard InChI is InChI=1S/C34H39F/c1-3-5-7-26-9-11-27(12-10-26)13-14-28-15-17-29(18-16-28)19-21-31-22-23-32-25-30(8-6-4-2)20-24-33(32)34(31)35/h3,15-18,20,22-27H,1,4-14H2,2H3. The summed E-state index contributed by atoms with van der Waals surface area (Å²) in [4.78, 5) is 0. The highest BCUT2D eigenvalue weighted by molar-refractivity contribution is 5.85. The van der Waals surface area contributed by atoms with Gasteiger partial charge in [-0.3, -0.25) is 0 Å². The van der Waals surface area contributed by atoms with E-state index in [0.717, 1.165) is 48.5 Å². The van der Waals surface area contributed by atoms with Crippen LogP contribution < -0.4 is 0 Å². The minimum absolute atomic E-state index is 0.215. The molecule has 0 aromatic heterocycles. The first kappa shape index (κ1) is 25.2. The third-order valence-electron chi connectivity index (χ3n) is 7.72. The fraction of sp³-hybridized carbons (Fsp3) is 0.412. The predicted molar refractivity (Wildman–Crippen MR) is 148 cm³/mol. The highest BCUT2D eigenvalue weighted by Gasteiger charge is 2.20. The Kier molecular flexibility index (Phi) is 9.19. The molecule has 0 nitrogen and oxygen atoms in total.